The molecule has 5 N–H and O–H groups in total. The number of nitrogens with two attached hydrogens (primary N) is 1. The number of pyridine rings is 1. The quantitative estimate of drug-likeness (QED) is 0.0534. The fourth-order valence-electron chi connectivity index (χ4n) is 6.56. The van der Waals surface area contributed by atoms with Crippen LogP contribution < -0.4 is 30.9 Å². The van der Waals surface area contributed by atoms with Crippen molar-refractivity contribution in [3.8, 4) is 5.75 Å². The number of thiazole rings is 1. The summed E-state index contributed by atoms with van der Waals surface area (Å²) in [6.07, 6.45) is 8.64. The highest BCUT2D eigenvalue weighted by Gasteiger charge is 2.53. The van der Waals surface area contributed by atoms with E-state index in [0.29, 0.717) is 29.9 Å². The Kier molecular flexibility index (Phi) is 10.1. The van der Waals surface area contributed by atoms with E-state index in [1.165, 1.54) is 34.9 Å². The van der Waals surface area contributed by atoms with Crippen molar-refractivity contribution < 1.29 is 43.6 Å². The number of phenols is 1. The largest absolute Gasteiger partial charge is 0.543 e. The molecule has 3 aliphatic heterocycles. The highest BCUT2D eigenvalue weighted by molar-refractivity contribution is 8.00. The molecule has 2 aromatic heterocycles. The zero-order valence-electron chi connectivity index (χ0n) is 28.1. The summed E-state index contributed by atoms with van der Waals surface area (Å²) in [5, 5.41) is 32.5. The van der Waals surface area contributed by atoms with Gasteiger partial charge in [-0.15, -0.1) is 23.1 Å². The molecule has 4 aliphatic rings. The van der Waals surface area contributed by atoms with Crippen molar-refractivity contribution in [1.29, 1.82) is 0 Å². The van der Waals surface area contributed by atoms with E-state index in [2.05, 4.69) is 20.8 Å². The molecule has 2 atom stereocenters. The first-order valence-corrected chi connectivity index (χ1v) is 18.7. The minimum Gasteiger partial charge on any atom is -0.543 e. The molecule has 1 aromatic carbocycles. The standard InChI is InChI=1S/C35H34N8O8S2/c36-35-38-25(18-53-35)27(40-51-24-5-1-2-6-24)30(46)39-28-32(48)43-29(34(49)50)20(17-52-33(28)43)14-19-11-13-42(31(19)47)22-4-3-12-41(15-22)16-26(45)37-21-7-9-23(44)10-8-21/h3-4,7-10,12,14-15,18,24,28,33H,1-2,5-6,11,13,16-17H2,(H5-,36,37,38,39,40,44,45,46,49,50)/b19-14+/t28-,33-/m1/s1. The molecule has 0 spiro atoms. The monoisotopic (exact) mass is 758 g/mol. The number of aliphatic carboxylic acids is 1. The predicted molar refractivity (Wildman–Crippen MR) is 192 cm³/mol. The molecule has 3 fully saturated rings. The minimum absolute atomic E-state index is 0.0349. The fraction of sp³-hybridized carbons (Fsp3) is 0.314. The average Bonchev–Trinajstić information content (AvgIpc) is 3.90. The average molecular weight is 759 g/mol. The Bertz CT molecular complexity index is 2070. The number of β-lactam (4-membered cyclic amide) rings is 1. The zero-order valence-corrected chi connectivity index (χ0v) is 29.7. The summed E-state index contributed by atoms with van der Waals surface area (Å²) in [6, 6.07) is 8.46. The van der Waals surface area contributed by atoms with Crippen LogP contribution in [0.25, 0.3) is 0 Å². The van der Waals surface area contributed by atoms with Crippen LogP contribution in [-0.2, 0) is 35.4 Å². The molecule has 0 radical (unpaired) electrons. The number of hydrogen-bond donors (Lipinski definition) is 4. The van der Waals surface area contributed by atoms with Crippen molar-refractivity contribution >= 4 is 74.9 Å². The van der Waals surface area contributed by atoms with Gasteiger partial charge in [-0.2, -0.15) is 4.57 Å². The van der Waals surface area contributed by atoms with Crippen LogP contribution in [0.15, 0.2) is 82.2 Å². The molecule has 4 amide bonds. The Morgan fingerprint density at radius 3 is 2.66 bits per heavy atom. The Labute approximate surface area is 311 Å². The summed E-state index contributed by atoms with van der Waals surface area (Å²) < 4.78 is 1.63. The third-order valence-electron chi connectivity index (χ3n) is 9.16. The second kappa shape index (κ2) is 15.1. The van der Waals surface area contributed by atoms with Crippen LogP contribution in [0, 0.1) is 0 Å². The van der Waals surface area contributed by atoms with E-state index in [9.17, 15) is 34.2 Å². The van der Waals surface area contributed by atoms with E-state index in [1.807, 2.05) is 0 Å². The molecule has 18 heteroatoms. The number of carbonyl (C=O) groups is 5. The van der Waals surface area contributed by atoms with Crippen molar-refractivity contribution in [3.05, 3.63) is 82.8 Å². The van der Waals surface area contributed by atoms with Gasteiger partial charge in [-0.1, -0.05) is 5.16 Å². The molecular weight excluding hydrogens is 725 g/mol. The van der Waals surface area contributed by atoms with Gasteiger partial charge in [0.05, 0.1) is 11.7 Å². The van der Waals surface area contributed by atoms with Crippen LogP contribution in [-0.4, -0.2) is 80.1 Å². The first-order valence-electron chi connectivity index (χ1n) is 16.8. The number of fused-ring (bicyclic) bond motifs is 1. The molecular formula is C35H34N8O8S2. The Morgan fingerprint density at radius 2 is 1.94 bits per heavy atom. The van der Waals surface area contributed by atoms with E-state index >= 15 is 0 Å². The fourth-order valence-corrected chi connectivity index (χ4v) is 8.41. The highest BCUT2D eigenvalue weighted by atomic mass is 32.2. The van der Waals surface area contributed by atoms with Crippen molar-refractivity contribution in [2.24, 2.45) is 5.16 Å². The van der Waals surface area contributed by atoms with Crippen LogP contribution >= 0.6 is 23.1 Å². The third-order valence-corrected chi connectivity index (χ3v) is 11.1. The lowest BCUT2D eigenvalue weighted by Gasteiger charge is -2.50. The molecule has 53 heavy (non-hydrogen) atoms. The van der Waals surface area contributed by atoms with Gasteiger partial charge in [0.1, 0.15) is 34.7 Å². The van der Waals surface area contributed by atoms with E-state index in [4.69, 9.17) is 10.6 Å². The van der Waals surface area contributed by atoms with Crippen LogP contribution in [0.1, 0.15) is 37.8 Å². The second-order valence-electron chi connectivity index (χ2n) is 12.8. The molecule has 3 aromatic rings. The maximum absolute atomic E-state index is 13.6. The number of carbonyl (C=O) groups excluding carboxylic acids is 5. The number of allylic oxidation sites excluding steroid dienone is 1. The van der Waals surface area contributed by atoms with Crippen molar-refractivity contribution in [1.82, 2.24) is 15.2 Å². The van der Waals surface area contributed by atoms with Crippen LogP contribution in [0.5, 0.6) is 5.75 Å². The summed E-state index contributed by atoms with van der Waals surface area (Å²) in [4.78, 5) is 77.9. The summed E-state index contributed by atoms with van der Waals surface area (Å²) >= 11 is 2.37. The molecule has 5 heterocycles. The van der Waals surface area contributed by atoms with Crippen molar-refractivity contribution in [2.45, 2.75) is 56.2 Å². The number of nitrogens with one attached hydrogen (secondary N) is 2. The Morgan fingerprint density at radius 1 is 1.17 bits per heavy atom. The topological polar surface area (TPSA) is 224 Å². The van der Waals surface area contributed by atoms with Gasteiger partial charge in [0.2, 0.25) is 6.54 Å². The van der Waals surface area contributed by atoms with Gasteiger partial charge in [0, 0.05) is 35.0 Å². The van der Waals surface area contributed by atoms with Gasteiger partial charge in [-0.05, 0) is 74.1 Å². The molecule has 16 nitrogen and oxygen atoms in total. The normalized spacial score (nSPS) is 21.1. The first-order chi connectivity index (χ1) is 25.5. The van der Waals surface area contributed by atoms with Gasteiger partial charge in [0.25, 0.3) is 23.6 Å². The summed E-state index contributed by atoms with van der Waals surface area (Å²) in [5.41, 5.74) is 7.15. The third kappa shape index (κ3) is 7.59. The lowest BCUT2D eigenvalue weighted by atomic mass is 10.0. The number of nitrogen functional groups attached to an aromatic ring is 1. The summed E-state index contributed by atoms with van der Waals surface area (Å²) in [7, 11) is 0. The zero-order chi connectivity index (χ0) is 37.2. The van der Waals surface area contributed by atoms with Gasteiger partial charge in [-0.25, -0.2) is 4.98 Å². The number of hydrogen-bond acceptors (Lipinski definition) is 13. The number of thioether (sulfide) groups is 1. The second-order valence-corrected chi connectivity index (χ2v) is 14.7. The maximum Gasteiger partial charge on any atom is 0.290 e. The van der Waals surface area contributed by atoms with Crippen molar-refractivity contribution in [3.63, 3.8) is 0 Å². The van der Waals surface area contributed by atoms with E-state index in [0.717, 1.165) is 41.9 Å². The maximum atomic E-state index is 13.6. The van der Waals surface area contributed by atoms with Crippen LogP contribution in [0.3, 0.4) is 0 Å². The van der Waals surface area contributed by atoms with E-state index in [-0.39, 0.29) is 63.8 Å². The molecule has 0 unspecified atom stereocenters. The number of phenolic OH excluding ortho intramolecular Hbond substituents is 1. The number of anilines is 3. The van der Waals surface area contributed by atoms with E-state index < -0.39 is 29.2 Å². The van der Waals surface area contributed by atoms with Gasteiger partial charge in [0.15, 0.2) is 23.2 Å². The molecule has 1 saturated carbocycles. The predicted octanol–water partition coefficient (Wildman–Crippen LogP) is 0.788. The summed E-state index contributed by atoms with van der Waals surface area (Å²) in [5.74, 6) is -3.38. The smallest absolute Gasteiger partial charge is 0.290 e. The molecule has 2 saturated heterocycles. The number of aromatic hydroxyl groups is 1. The van der Waals surface area contributed by atoms with E-state index in [1.54, 1.807) is 46.6 Å². The lowest BCUT2D eigenvalue weighted by molar-refractivity contribution is -0.683. The number of aromatic nitrogens is 2. The van der Waals surface area contributed by atoms with Gasteiger partial charge >= 0.3 is 0 Å². The Hall–Kier alpha value is -5.75. The molecule has 7 rings (SSSR count). The summed E-state index contributed by atoms with van der Waals surface area (Å²) in [6.45, 7) is 0.278. The van der Waals surface area contributed by atoms with Crippen LogP contribution in [0.2, 0.25) is 0 Å². The number of nitrogens with zero attached hydrogens (tertiary/aromatic N) is 5. The van der Waals surface area contributed by atoms with Gasteiger partial charge < -0.3 is 41.1 Å². The Balaban J connectivity index is 1.03. The molecule has 0 bridgehead atoms. The number of amides is 4. The van der Waals surface area contributed by atoms with Crippen LogP contribution in [0.4, 0.5) is 16.5 Å². The number of carboxylic acid groups (broad SMARTS) is 1. The molecule has 1 aliphatic carbocycles. The highest BCUT2D eigenvalue weighted by Crippen LogP contribution is 2.41. The SMILES string of the molecule is Nc1nc(/C(=N/OC2CCCC2)C(=O)N[C@@H]2C(=O)N3C(C(=O)[O-])=C(/C=C4\CCN(c5ccc[n+](CC(=O)Nc6ccc(O)cc6)c5)C4=O)CS[C@H]23)cs1. The lowest BCUT2D eigenvalue weighted by Crippen LogP contribution is -2.71. The minimum atomic E-state index is -1.58. The molecule has 274 valence electrons. The first kappa shape index (κ1) is 35.6. The number of benzene rings is 1. The number of rotatable bonds is 11. The van der Waals surface area contributed by atoms with Gasteiger partial charge in [-0.3, -0.25) is 24.1 Å². The van der Waals surface area contributed by atoms with Crippen molar-refractivity contribution in [2.75, 3.05) is 28.2 Å². The number of carboxylic acids is 1. The number of oxime groups is 1.